The first-order valence-electron chi connectivity index (χ1n) is 5.81. The van der Waals surface area contributed by atoms with Crippen LogP contribution in [0.3, 0.4) is 0 Å². The van der Waals surface area contributed by atoms with Crippen molar-refractivity contribution in [2.45, 2.75) is 0 Å². The molecule has 1 N–H and O–H groups in total. The molecule has 2 rings (SSSR count). The average Bonchev–Trinajstić information content (AvgIpc) is 2.46. The number of rotatable bonds is 3. The molecule has 0 saturated carbocycles. The molecule has 2 aromatic rings. The molecule has 0 heterocycles. The number of carbonyl (C=O) groups is 1. The first-order valence-corrected chi connectivity index (χ1v) is 5.81. The van der Waals surface area contributed by atoms with Gasteiger partial charge in [0.2, 0.25) is 0 Å². The van der Waals surface area contributed by atoms with Crippen LogP contribution in [-0.4, -0.2) is 24.4 Å². The van der Waals surface area contributed by atoms with Gasteiger partial charge in [-0.1, -0.05) is 12.1 Å². The number of methoxy groups -OCH3 is 1. The third kappa shape index (κ3) is 3.00. The Labute approximate surface area is 115 Å². The van der Waals surface area contributed by atoms with Crippen LogP contribution >= 0.6 is 0 Å². The van der Waals surface area contributed by atoms with Crippen molar-refractivity contribution >= 4 is 17.9 Å². The number of phenols is 1. The number of halogens is 1. The van der Waals surface area contributed by atoms with Gasteiger partial charge in [0.25, 0.3) is 0 Å². The quantitative estimate of drug-likeness (QED) is 0.690. The first kappa shape index (κ1) is 13.7. The van der Waals surface area contributed by atoms with E-state index in [2.05, 4.69) is 9.73 Å². The van der Waals surface area contributed by atoms with E-state index >= 15 is 0 Å². The van der Waals surface area contributed by atoms with E-state index in [1.54, 1.807) is 18.2 Å². The molecule has 4 nitrogen and oxygen atoms in total. The molecule has 0 bridgehead atoms. The lowest BCUT2D eigenvalue weighted by atomic mass is 10.2. The van der Waals surface area contributed by atoms with Crippen LogP contribution in [0.1, 0.15) is 15.9 Å². The number of hydrogen-bond acceptors (Lipinski definition) is 4. The van der Waals surface area contributed by atoms with Gasteiger partial charge >= 0.3 is 5.97 Å². The Morgan fingerprint density at radius 3 is 2.70 bits per heavy atom. The van der Waals surface area contributed by atoms with Crippen molar-refractivity contribution in [3.63, 3.8) is 0 Å². The SMILES string of the molecule is COC(=O)c1ccc(N=Cc2ccccc2O)c(F)c1. The van der Waals surface area contributed by atoms with E-state index in [1.165, 1.54) is 31.5 Å². The summed E-state index contributed by atoms with van der Waals surface area (Å²) in [5.41, 5.74) is 0.663. The highest BCUT2D eigenvalue weighted by Crippen LogP contribution is 2.21. The fourth-order valence-corrected chi connectivity index (χ4v) is 1.59. The van der Waals surface area contributed by atoms with Gasteiger partial charge in [-0.15, -0.1) is 0 Å². The lowest BCUT2D eigenvalue weighted by Crippen LogP contribution is -2.01. The van der Waals surface area contributed by atoms with Crippen LogP contribution in [0.25, 0.3) is 0 Å². The van der Waals surface area contributed by atoms with Gasteiger partial charge in [0.15, 0.2) is 0 Å². The number of ether oxygens (including phenoxy) is 1. The summed E-state index contributed by atoms with van der Waals surface area (Å²) < 4.78 is 18.3. The predicted octanol–water partition coefficient (Wildman–Crippen LogP) is 3.07. The van der Waals surface area contributed by atoms with E-state index in [0.29, 0.717) is 5.56 Å². The molecule has 20 heavy (non-hydrogen) atoms. The number of carbonyl (C=O) groups excluding carboxylic acids is 1. The Kier molecular flexibility index (Phi) is 4.10. The lowest BCUT2D eigenvalue weighted by molar-refractivity contribution is 0.0600. The highest BCUT2D eigenvalue weighted by Gasteiger charge is 2.09. The van der Waals surface area contributed by atoms with Crippen molar-refractivity contribution in [2.24, 2.45) is 4.99 Å². The maximum absolute atomic E-state index is 13.8. The second-order valence-electron chi connectivity index (χ2n) is 3.97. The third-order valence-electron chi connectivity index (χ3n) is 2.65. The van der Waals surface area contributed by atoms with Crippen molar-refractivity contribution < 1.29 is 19.0 Å². The Bertz CT molecular complexity index is 668. The maximum Gasteiger partial charge on any atom is 0.337 e. The highest BCUT2D eigenvalue weighted by molar-refractivity contribution is 5.90. The molecule has 0 aromatic heterocycles. The third-order valence-corrected chi connectivity index (χ3v) is 2.65. The smallest absolute Gasteiger partial charge is 0.337 e. The zero-order valence-corrected chi connectivity index (χ0v) is 10.7. The minimum Gasteiger partial charge on any atom is -0.507 e. The maximum atomic E-state index is 13.8. The molecule has 5 heteroatoms. The second-order valence-corrected chi connectivity index (χ2v) is 3.97. The first-order chi connectivity index (χ1) is 9.61. The minimum absolute atomic E-state index is 0.0582. The molecule has 0 aliphatic carbocycles. The molecule has 0 radical (unpaired) electrons. The Hall–Kier alpha value is -2.69. The van der Waals surface area contributed by atoms with E-state index in [1.807, 2.05) is 0 Å². The normalized spacial score (nSPS) is 10.7. The van der Waals surface area contributed by atoms with E-state index in [0.717, 1.165) is 6.07 Å². The molecule has 0 saturated heterocycles. The molecule has 0 amide bonds. The number of nitrogens with zero attached hydrogens (tertiary/aromatic N) is 1. The summed E-state index contributed by atoms with van der Waals surface area (Å²) in [6.07, 6.45) is 1.35. The molecule has 0 aliphatic heterocycles. The van der Waals surface area contributed by atoms with Crippen molar-refractivity contribution in [1.82, 2.24) is 0 Å². The summed E-state index contributed by atoms with van der Waals surface area (Å²) in [5, 5.41) is 9.56. The fourth-order valence-electron chi connectivity index (χ4n) is 1.59. The van der Waals surface area contributed by atoms with Gasteiger partial charge in [-0.3, -0.25) is 4.99 Å². The van der Waals surface area contributed by atoms with Crippen LogP contribution in [0, 0.1) is 5.82 Å². The van der Waals surface area contributed by atoms with Crippen molar-refractivity contribution in [3.8, 4) is 5.75 Å². The molecule has 102 valence electrons. The van der Waals surface area contributed by atoms with Gasteiger partial charge in [-0.05, 0) is 30.3 Å². The molecular weight excluding hydrogens is 261 g/mol. The molecule has 0 aliphatic rings. The number of para-hydroxylation sites is 1. The van der Waals surface area contributed by atoms with E-state index in [-0.39, 0.29) is 17.0 Å². The highest BCUT2D eigenvalue weighted by atomic mass is 19.1. The summed E-state index contributed by atoms with van der Waals surface area (Å²) in [7, 11) is 1.23. The van der Waals surface area contributed by atoms with Gasteiger partial charge < -0.3 is 9.84 Å². The van der Waals surface area contributed by atoms with Crippen molar-refractivity contribution in [3.05, 3.63) is 59.4 Å². The van der Waals surface area contributed by atoms with E-state index in [4.69, 9.17) is 0 Å². The van der Waals surface area contributed by atoms with Crippen LogP contribution in [0.5, 0.6) is 5.75 Å². The summed E-state index contributed by atoms with van der Waals surface area (Å²) in [4.78, 5) is 15.2. The van der Waals surface area contributed by atoms with Crippen LogP contribution in [0.2, 0.25) is 0 Å². The van der Waals surface area contributed by atoms with Gasteiger partial charge in [0.05, 0.1) is 18.4 Å². The number of aromatic hydroxyl groups is 1. The zero-order valence-electron chi connectivity index (χ0n) is 10.7. The fraction of sp³-hybridized carbons (Fsp3) is 0.0667. The van der Waals surface area contributed by atoms with Crippen LogP contribution in [0.4, 0.5) is 10.1 Å². The summed E-state index contributed by atoms with van der Waals surface area (Å²) in [6.45, 7) is 0. The van der Waals surface area contributed by atoms with Gasteiger partial charge in [0, 0.05) is 11.8 Å². The largest absolute Gasteiger partial charge is 0.507 e. The number of aliphatic imine (C=N–C) groups is 1. The standard InChI is InChI=1S/C15H12FNO3/c1-20-15(19)10-6-7-13(12(16)8-10)17-9-11-4-2-3-5-14(11)18/h2-9,18H,1H3. The number of hydrogen-bond donors (Lipinski definition) is 1. The van der Waals surface area contributed by atoms with E-state index < -0.39 is 11.8 Å². The molecule has 0 fully saturated rings. The average molecular weight is 273 g/mol. The lowest BCUT2D eigenvalue weighted by Gasteiger charge is -2.02. The van der Waals surface area contributed by atoms with Gasteiger partial charge in [-0.2, -0.15) is 0 Å². The van der Waals surface area contributed by atoms with Crippen molar-refractivity contribution in [2.75, 3.05) is 7.11 Å². The number of phenolic OH excluding ortho intramolecular Hbond substituents is 1. The molecular formula is C15H12FNO3. The topological polar surface area (TPSA) is 58.9 Å². The zero-order chi connectivity index (χ0) is 14.5. The molecule has 2 aromatic carbocycles. The molecule has 0 atom stereocenters. The molecule has 0 spiro atoms. The van der Waals surface area contributed by atoms with E-state index in [9.17, 15) is 14.3 Å². The second kappa shape index (κ2) is 5.97. The van der Waals surface area contributed by atoms with Crippen LogP contribution in [0.15, 0.2) is 47.5 Å². The molecule has 0 unspecified atom stereocenters. The summed E-state index contributed by atoms with van der Waals surface area (Å²) in [5.74, 6) is -1.19. The Balaban J connectivity index is 2.27. The summed E-state index contributed by atoms with van der Waals surface area (Å²) >= 11 is 0. The Morgan fingerprint density at radius 1 is 1.30 bits per heavy atom. The number of esters is 1. The predicted molar refractivity (Wildman–Crippen MR) is 73.1 cm³/mol. The van der Waals surface area contributed by atoms with Gasteiger partial charge in [-0.25, -0.2) is 9.18 Å². The van der Waals surface area contributed by atoms with Crippen LogP contribution in [-0.2, 0) is 4.74 Å². The van der Waals surface area contributed by atoms with Crippen molar-refractivity contribution in [1.29, 1.82) is 0 Å². The van der Waals surface area contributed by atoms with Gasteiger partial charge in [0.1, 0.15) is 11.6 Å². The van der Waals surface area contributed by atoms with Crippen LogP contribution < -0.4 is 0 Å². The monoisotopic (exact) mass is 273 g/mol. The Morgan fingerprint density at radius 2 is 2.05 bits per heavy atom. The summed E-state index contributed by atoms with van der Waals surface area (Å²) in [6, 6.07) is 10.4. The minimum atomic E-state index is -0.639. The number of benzene rings is 2.